The van der Waals surface area contributed by atoms with E-state index in [1.807, 2.05) is 26.0 Å². The first-order chi connectivity index (χ1) is 12.0. The van der Waals surface area contributed by atoms with Crippen molar-refractivity contribution in [3.05, 3.63) is 47.3 Å². The van der Waals surface area contributed by atoms with Crippen LogP contribution in [0.4, 0.5) is 0 Å². The van der Waals surface area contributed by atoms with Gasteiger partial charge in [0.15, 0.2) is 0 Å². The fraction of sp³-hybridized carbons (Fsp3) is 0.353. The Bertz CT molecular complexity index is 837. The van der Waals surface area contributed by atoms with Crippen LogP contribution in [0.2, 0.25) is 0 Å². The second kappa shape index (κ2) is 7.25. The summed E-state index contributed by atoms with van der Waals surface area (Å²) in [7, 11) is 1.75. The number of rotatable bonds is 6. The number of carbonyl (C=O) groups excluding carboxylic acids is 1. The van der Waals surface area contributed by atoms with E-state index < -0.39 is 0 Å². The maximum atomic E-state index is 12.3. The molecular formula is C17H19N5O3. The van der Waals surface area contributed by atoms with Gasteiger partial charge in [0.25, 0.3) is 0 Å². The van der Waals surface area contributed by atoms with Crippen molar-refractivity contribution < 1.29 is 13.8 Å². The van der Waals surface area contributed by atoms with Crippen LogP contribution in [-0.4, -0.2) is 38.1 Å². The lowest BCUT2D eigenvalue weighted by molar-refractivity contribution is -0.130. The number of aromatic nitrogens is 4. The molecule has 0 saturated carbocycles. The topological polar surface area (TPSA) is 98.2 Å². The number of pyridine rings is 1. The van der Waals surface area contributed by atoms with Crippen molar-refractivity contribution in [2.45, 2.75) is 33.2 Å². The van der Waals surface area contributed by atoms with Crippen LogP contribution in [0.5, 0.6) is 0 Å². The molecule has 0 saturated heterocycles. The van der Waals surface area contributed by atoms with E-state index >= 15 is 0 Å². The molecule has 0 aliphatic carbocycles. The van der Waals surface area contributed by atoms with Gasteiger partial charge in [0, 0.05) is 31.6 Å². The zero-order valence-electron chi connectivity index (χ0n) is 14.4. The molecule has 130 valence electrons. The van der Waals surface area contributed by atoms with Gasteiger partial charge in [0.05, 0.1) is 12.2 Å². The molecule has 0 spiro atoms. The maximum absolute atomic E-state index is 12.3. The van der Waals surface area contributed by atoms with E-state index in [1.165, 1.54) is 0 Å². The zero-order chi connectivity index (χ0) is 17.8. The number of aryl methyl sites for hydroxylation is 3. The predicted molar refractivity (Wildman–Crippen MR) is 88.3 cm³/mol. The van der Waals surface area contributed by atoms with Crippen LogP contribution in [0.15, 0.2) is 33.4 Å². The van der Waals surface area contributed by atoms with E-state index in [9.17, 15) is 4.79 Å². The zero-order valence-corrected chi connectivity index (χ0v) is 14.4. The van der Waals surface area contributed by atoms with E-state index in [0.717, 1.165) is 17.0 Å². The van der Waals surface area contributed by atoms with Crippen LogP contribution < -0.4 is 0 Å². The normalized spacial score (nSPS) is 10.8. The van der Waals surface area contributed by atoms with Crippen LogP contribution in [0, 0.1) is 13.8 Å². The molecule has 0 N–H and O–H groups in total. The summed E-state index contributed by atoms with van der Waals surface area (Å²) in [5.41, 5.74) is 2.37. The Morgan fingerprint density at radius 3 is 2.72 bits per heavy atom. The van der Waals surface area contributed by atoms with Crippen LogP contribution in [0.1, 0.15) is 29.3 Å². The first kappa shape index (κ1) is 16.8. The highest BCUT2D eigenvalue weighted by Gasteiger charge is 2.17. The summed E-state index contributed by atoms with van der Waals surface area (Å²) in [4.78, 5) is 22.4. The quantitative estimate of drug-likeness (QED) is 0.678. The summed E-state index contributed by atoms with van der Waals surface area (Å²) < 4.78 is 10.3. The molecule has 25 heavy (non-hydrogen) atoms. The minimum Gasteiger partial charge on any atom is -0.361 e. The lowest BCUT2D eigenvalue weighted by Gasteiger charge is -2.16. The molecule has 0 atom stereocenters. The van der Waals surface area contributed by atoms with Crippen LogP contribution in [0.3, 0.4) is 0 Å². The highest BCUT2D eigenvalue weighted by atomic mass is 16.5. The van der Waals surface area contributed by atoms with Crippen molar-refractivity contribution >= 4 is 5.91 Å². The maximum Gasteiger partial charge on any atom is 0.227 e. The summed E-state index contributed by atoms with van der Waals surface area (Å²) in [6, 6.07) is 5.47. The SMILES string of the molecule is Cc1noc(C)c1CN(C)C(=O)CCc1nc(-c2ccccn2)no1. The monoisotopic (exact) mass is 341 g/mol. The molecule has 8 nitrogen and oxygen atoms in total. The molecule has 8 heteroatoms. The number of hydrogen-bond acceptors (Lipinski definition) is 7. The molecule has 0 unspecified atom stereocenters. The summed E-state index contributed by atoms with van der Waals surface area (Å²) in [6.45, 7) is 4.16. The minimum atomic E-state index is -0.0161. The second-order valence-corrected chi connectivity index (χ2v) is 5.78. The molecule has 3 heterocycles. The largest absolute Gasteiger partial charge is 0.361 e. The molecule has 0 aliphatic rings. The van der Waals surface area contributed by atoms with Gasteiger partial charge in [-0.2, -0.15) is 4.98 Å². The highest BCUT2D eigenvalue weighted by molar-refractivity contribution is 5.76. The first-order valence-electron chi connectivity index (χ1n) is 7.94. The van der Waals surface area contributed by atoms with Gasteiger partial charge in [-0.25, -0.2) is 0 Å². The Labute approximate surface area is 144 Å². The molecule has 1 amide bonds. The molecule has 0 radical (unpaired) electrons. The molecule has 3 aromatic heterocycles. The van der Waals surface area contributed by atoms with Gasteiger partial charge in [-0.05, 0) is 26.0 Å². The van der Waals surface area contributed by atoms with Crippen molar-refractivity contribution in [2.24, 2.45) is 0 Å². The fourth-order valence-corrected chi connectivity index (χ4v) is 2.41. The molecule has 0 aromatic carbocycles. The van der Waals surface area contributed by atoms with Crippen molar-refractivity contribution in [2.75, 3.05) is 7.05 Å². The summed E-state index contributed by atoms with van der Waals surface area (Å²) >= 11 is 0. The molecule has 0 aliphatic heterocycles. The van der Waals surface area contributed by atoms with Gasteiger partial charge in [-0.15, -0.1) is 0 Å². The van der Waals surface area contributed by atoms with Crippen LogP contribution >= 0.6 is 0 Å². The number of carbonyl (C=O) groups is 1. The lowest BCUT2D eigenvalue weighted by atomic mass is 10.2. The van der Waals surface area contributed by atoms with Gasteiger partial charge < -0.3 is 13.9 Å². The molecule has 0 fully saturated rings. The summed E-state index contributed by atoms with van der Waals surface area (Å²) in [5.74, 6) is 1.55. The number of hydrogen-bond donors (Lipinski definition) is 0. The van der Waals surface area contributed by atoms with E-state index in [0.29, 0.717) is 30.4 Å². The highest BCUT2D eigenvalue weighted by Crippen LogP contribution is 2.16. The van der Waals surface area contributed by atoms with Crippen LogP contribution in [-0.2, 0) is 17.8 Å². The van der Waals surface area contributed by atoms with Crippen molar-refractivity contribution in [1.82, 2.24) is 25.2 Å². The summed E-state index contributed by atoms with van der Waals surface area (Å²) in [5, 5.41) is 7.80. The lowest BCUT2D eigenvalue weighted by Crippen LogP contribution is -2.26. The minimum absolute atomic E-state index is 0.0161. The van der Waals surface area contributed by atoms with Gasteiger partial charge in [-0.3, -0.25) is 9.78 Å². The van der Waals surface area contributed by atoms with E-state index in [2.05, 4.69) is 20.3 Å². The third-order valence-corrected chi connectivity index (χ3v) is 3.92. The van der Waals surface area contributed by atoms with Crippen molar-refractivity contribution in [1.29, 1.82) is 0 Å². The predicted octanol–water partition coefficient (Wildman–Crippen LogP) is 2.33. The first-order valence-corrected chi connectivity index (χ1v) is 7.94. The molecule has 0 bridgehead atoms. The van der Waals surface area contributed by atoms with Crippen molar-refractivity contribution in [3.8, 4) is 11.5 Å². The molecular weight excluding hydrogens is 322 g/mol. The van der Waals surface area contributed by atoms with Crippen molar-refractivity contribution in [3.63, 3.8) is 0 Å². The van der Waals surface area contributed by atoms with E-state index in [1.54, 1.807) is 24.2 Å². The average molecular weight is 341 g/mol. The number of nitrogens with zero attached hydrogens (tertiary/aromatic N) is 5. The third kappa shape index (κ3) is 3.90. The Kier molecular flexibility index (Phi) is 4.87. The van der Waals surface area contributed by atoms with E-state index in [-0.39, 0.29) is 12.3 Å². The average Bonchev–Trinajstić information content (AvgIpc) is 3.22. The van der Waals surface area contributed by atoms with Gasteiger partial charge in [0.1, 0.15) is 11.5 Å². The Balaban J connectivity index is 1.56. The van der Waals surface area contributed by atoms with E-state index in [4.69, 9.17) is 9.05 Å². The Morgan fingerprint density at radius 2 is 2.04 bits per heavy atom. The third-order valence-electron chi connectivity index (χ3n) is 3.92. The van der Waals surface area contributed by atoms with Gasteiger partial charge in [-0.1, -0.05) is 16.4 Å². The Hall–Kier alpha value is -3.03. The smallest absolute Gasteiger partial charge is 0.227 e. The van der Waals surface area contributed by atoms with Gasteiger partial charge in [0.2, 0.25) is 17.6 Å². The fourth-order valence-electron chi connectivity index (χ4n) is 2.41. The summed E-state index contributed by atoms with van der Waals surface area (Å²) in [6.07, 6.45) is 2.33. The van der Waals surface area contributed by atoms with Crippen LogP contribution in [0.25, 0.3) is 11.5 Å². The van der Waals surface area contributed by atoms with Gasteiger partial charge >= 0.3 is 0 Å². The number of amides is 1. The Morgan fingerprint density at radius 1 is 1.20 bits per heavy atom. The second-order valence-electron chi connectivity index (χ2n) is 5.78. The standard InChI is InChI=1S/C17H19N5O3/c1-11-13(12(2)24-20-11)10-22(3)16(23)8-7-15-19-17(21-25-15)14-6-4-5-9-18-14/h4-6,9H,7-8,10H2,1-3H3. The molecule has 3 rings (SSSR count). The molecule has 3 aromatic rings.